The molecule has 92 valence electrons. The van der Waals surface area contributed by atoms with Gasteiger partial charge in [0.25, 0.3) is 0 Å². The second-order valence-electron chi connectivity index (χ2n) is 4.62. The van der Waals surface area contributed by atoms with Crippen LogP contribution >= 0.6 is 0 Å². The van der Waals surface area contributed by atoms with Gasteiger partial charge in [0.2, 0.25) is 5.91 Å². The molecule has 0 unspecified atom stereocenters. The highest BCUT2D eigenvalue weighted by molar-refractivity contribution is 5.93. The Bertz CT molecular complexity index is 386. The maximum Gasteiger partial charge on any atom is 0.228 e. The minimum Gasteiger partial charge on any atom is -0.311 e. The lowest BCUT2D eigenvalue weighted by atomic mass is 10.1. The molecular formula is C14H20N2O. The molecule has 0 aromatic heterocycles. The topological polar surface area (TPSA) is 23.6 Å². The van der Waals surface area contributed by atoms with Crippen LogP contribution < -0.4 is 4.90 Å². The Morgan fingerprint density at radius 3 is 2.47 bits per heavy atom. The predicted octanol–water partition coefficient (Wildman–Crippen LogP) is 1.92. The number of hydrogen-bond acceptors (Lipinski definition) is 2. The molecule has 0 N–H and O–H groups in total. The number of nitrogens with zero attached hydrogens (tertiary/aromatic N) is 2. The van der Waals surface area contributed by atoms with Crippen LogP contribution in [-0.2, 0) is 11.2 Å². The first-order valence-electron chi connectivity index (χ1n) is 6.28. The fourth-order valence-electron chi connectivity index (χ4n) is 2.11. The van der Waals surface area contributed by atoms with Gasteiger partial charge in [-0.3, -0.25) is 4.79 Å². The van der Waals surface area contributed by atoms with E-state index in [0.717, 1.165) is 31.7 Å². The summed E-state index contributed by atoms with van der Waals surface area (Å²) in [6, 6.07) is 8.33. The van der Waals surface area contributed by atoms with Gasteiger partial charge in [-0.1, -0.05) is 19.1 Å². The van der Waals surface area contributed by atoms with Crippen molar-refractivity contribution in [2.45, 2.75) is 19.8 Å². The fraction of sp³-hybridized carbons (Fsp3) is 0.500. The summed E-state index contributed by atoms with van der Waals surface area (Å²) in [5.74, 6) is 0.235. The van der Waals surface area contributed by atoms with Gasteiger partial charge in [-0.05, 0) is 31.2 Å². The van der Waals surface area contributed by atoms with Crippen LogP contribution in [0.5, 0.6) is 0 Å². The number of carbonyl (C=O) groups is 1. The number of rotatable bonds is 2. The maximum atomic E-state index is 12.0. The van der Waals surface area contributed by atoms with Crippen molar-refractivity contribution in [1.29, 1.82) is 0 Å². The van der Waals surface area contributed by atoms with Gasteiger partial charge in [-0.25, -0.2) is 0 Å². The van der Waals surface area contributed by atoms with Crippen LogP contribution in [0.15, 0.2) is 24.3 Å². The minimum absolute atomic E-state index is 0.235. The van der Waals surface area contributed by atoms with Crippen molar-refractivity contribution in [3.05, 3.63) is 29.8 Å². The van der Waals surface area contributed by atoms with E-state index in [1.54, 1.807) is 0 Å². The van der Waals surface area contributed by atoms with Gasteiger partial charge in [0.15, 0.2) is 0 Å². The number of hydrogen-bond donors (Lipinski definition) is 0. The second-order valence-corrected chi connectivity index (χ2v) is 4.62. The van der Waals surface area contributed by atoms with Gasteiger partial charge in [0.05, 0.1) is 0 Å². The molecule has 3 nitrogen and oxygen atoms in total. The van der Waals surface area contributed by atoms with Crippen LogP contribution in [-0.4, -0.2) is 37.5 Å². The summed E-state index contributed by atoms with van der Waals surface area (Å²) in [5.41, 5.74) is 2.34. The summed E-state index contributed by atoms with van der Waals surface area (Å²) in [7, 11) is 2.07. The zero-order valence-electron chi connectivity index (χ0n) is 10.6. The van der Waals surface area contributed by atoms with Gasteiger partial charge in [0, 0.05) is 31.7 Å². The summed E-state index contributed by atoms with van der Waals surface area (Å²) >= 11 is 0. The van der Waals surface area contributed by atoms with Crippen molar-refractivity contribution in [2.24, 2.45) is 0 Å². The van der Waals surface area contributed by atoms with Crippen LogP contribution in [0, 0.1) is 0 Å². The Morgan fingerprint density at radius 2 is 1.82 bits per heavy atom. The third kappa shape index (κ3) is 2.86. The molecule has 17 heavy (non-hydrogen) atoms. The van der Waals surface area contributed by atoms with Crippen molar-refractivity contribution < 1.29 is 4.79 Å². The zero-order valence-corrected chi connectivity index (χ0v) is 10.6. The molecule has 1 aromatic rings. The molecule has 1 saturated heterocycles. The van der Waals surface area contributed by atoms with Crippen LogP contribution in [0.3, 0.4) is 0 Å². The molecule has 0 spiro atoms. The number of carbonyl (C=O) groups excluding carboxylic acids is 1. The van der Waals surface area contributed by atoms with E-state index in [1.165, 1.54) is 5.56 Å². The zero-order chi connectivity index (χ0) is 12.3. The third-order valence-corrected chi connectivity index (χ3v) is 3.37. The maximum absolute atomic E-state index is 12.0. The lowest BCUT2D eigenvalue weighted by Gasteiger charge is -2.21. The van der Waals surface area contributed by atoms with E-state index in [0.29, 0.717) is 6.42 Å². The molecule has 1 heterocycles. The average molecular weight is 232 g/mol. The molecule has 3 heteroatoms. The highest BCUT2D eigenvalue weighted by atomic mass is 16.2. The minimum atomic E-state index is 0.235. The third-order valence-electron chi connectivity index (χ3n) is 3.37. The quantitative estimate of drug-likeness (QED) is 0.777. The monoisotopic (exact) mass is 232 g/mol. The summed E-state index contributed by atoms with van der Waals surface area (Å²) in [6.07, 6.45) is 1.66. The van der Waals surface area contributed by atoms with Crippen LogP contribution in [0.1, 0.15) is 18.9 Å². The number of likely N-dealkylation sites (N-methyl/N-ethyl adjacent to an activating group) is 1. The molecule has 2 rings (SSSR count). The summed E-state index contributed by atoms with van der Waals surface area (Å²) < 4.78 is 0. The molecule has 0 atom stereocenters. The molecular weight excluding hydrogens is 212 g/mol. The summed E-state index contributed by atoms with van der Waals surface area (Å²) in [4.78, 5) is 16.1. The van der Waals surface area contributed by atoms with E-state index in [2.05, 4.69) is 43.1 Å². The van der Waals surface area contributed by atoms with E-state index >= 15 is 0 Å². The van der Waals surface area contributed by atoms with E-state index in [4.69, 9.17) is 0 Å². The van der Waals surface area contributed by atoms with Gasteiger partial charge < -0.3 is 9.80 Å². The standard InChI is InChI=1S/C14H20N2O/c1-3-12-4-6-13(7-5-12)16-11-10-15(2)9-8-14(16)17/h4-7H,3,8-11H2,1-2H3. The van der Waals surface area contributed by atoms with Gasteiger partial charge in [0.1, 0.15) is 0 Å². The van der Waals surface area contributed by atoms with Gasteiger partial charge in [-0.15, -0.1) is 0 Å². The van der Waals surface area contributed by atoms with Crippen molar-refractivity contribution in [3.8, 4) is 0 Å². The van der Waals surface area contributed by atoms with E-state index < -0.39 is 0 Å². The first kappa shape index (κ1) is 12.1. The number of aryl methyl sites for hydroxylation is 1. The van der Waals surface area contributed by atoms with Crippen molar-refractivity contribution in [2.75, 3.05) is 31.6 Å². The van der Waals surface area contributed by atoms with Gasteiger partial charge >= 0.3 is 0 Å². The molecule has 0 saturated carbocycles. The smallest absolute Gasteiger partial charge is 0.228 e. The lowest BCUT2D eigenvalue weighted by molar-refractivity contribution is -0.118. The van der Waals surface area contributed by atoms with E-state index in [-0.39, 0.29) is 5.91 Å². The Labute approximate surface area is 103 Å². The number of benzene rings is 1. The Hall–Kier alpha value is -1.35. The molecule has 0 bridgehead atoms. The molecule has 1 aliphatic heterocycles. The highest BCUT2D eigenvalue weighted by Gasteiger charge is 2.19. The normalized spacial score (nSPS) is 18.2. The molecule has 0 aliphatic carbocycles. The van der Waals surface area contributed by atoms with Crippen LogP contribution in [0.4, 0.5) is 5.69 Å². The molecule has 1 aliphatic rings. The van der Waals surface area contributed by atoms with Crippen molar-refractivity contribution in [1.82, 2.24) is 4.90 Å². The Morgan fingerprint density at radius 1 is 1.12 bits per heavy atom. The molecule has 1 fully saturated rings. The number of anilines is 1. The fourth-order valence-corrected chi connectivity index (χ4v) is 2.11. The largest absolute Gasteiger partial charge is 0.311 e. The first-order valence-corrected chi connectivity index (χ1v) is 6.28. The lowest BCUT2D eigenvalue weighted by Crippen LogP contribution is -2.32. The second kappa shape index (κ2) is 5.32. The van der Waals surface area contributed by atoms with Crippen molar-refractivity contribution >= 4 is 11.6 Å². The summed E-state index contributed by atoms with van der Waals surface area (Å²) in [6.45, 7) is 4.74. The first-order chi connectivity index (χ1) is 8.20. The van der Waals surface area contributed by atoms with Crippen LogP contribution in [0.2, 0.25) is 0 Å². The van der Waals surface area contributed by atoms with E-state index in [9.17, 15) is 4.79 Å². The highest BCUT2D eigenvalue weighted by Crippen LogP contribution is 2.18. The van der Waals surface area contributed by atoms with Crippen LogP contribution in [0.25, 0.3) is 0 Å². The Kier molecular flexibility index (Phi) is 3.79. The predicted molar refractivity (Wildman–Crippen MR) is 70.3 cm³/mol. The van der Waals surface area contributed by atoms with E-state index in [1.807, 2.05) is 4.90 Å². The molecule has 1 amide bonds. The SMILES string of the molecule is CCc1ccc(N2CCN(C)CCC2=O)cc1. The van der Waals surface area contributed by atoms with Gasteiger partial charge in [-0.2, -0.15) is 0 Å². The molecule has 1 aromatic carbocycles. The Balaban J connectivity index is 2.16. The van der Waals surface area contributed by atoms with Crippen molar-refractivity contribution in [3.63, 3.8) is 0 Å². The summed E-state index contributed by atoms with van der Waals surface area (Å²) in [5, 5.41) is 0. The average Bonchev–Trinajstić information content (AvgIpc) is 2.52. The molecule has 0 radical (unpaired) electrons. The number of amides is 1.